The van der Waals surface area contributed by atoms with Crippen LogP contribution in [0.25, 0.3) is 11.0 Å². The molecule has 0 spiro atoms. The molecule has 21 heavy (non-hydrogen) atoms. The van der Waals surface area contributed by atoms with Crippen LogP contribution in [0.5, 0.6) is 0 Å². The molecular formula is C14H14F2N4O. The average molecular weight is 292 g/mol. The van der Waals surface area contributed by atoms with E-state index in [1.165, 1.54) is 6.20 Å². The Bertz CT molecular complexity index is 707. The van der Waals surface area contributed by atoms with Gasteiger partial charge >= 0.3 is 0 Å². The highest BCUT2D eigenvalue weighted by atomic mass is 19.3. The molecule has 3 rings (SSSR count). The van der Waals surface area contributed by atoms with E-state index in [1.54, 1.807) is 24.1 Å². The lowest BCUT2D eigenvalue weighted by molar-refractivity contribution is -0.0673. The van der Waals surface area contributed by atoms with Crippen LogP contribution in [0.4, 0.5) is 14.6 Å². The number of halogens is 2. The molecule has 0 aromatic carbocycles. The number of rotatable bonds is 2. The third kappa shape index (κ3) is 2.67. The second-order valence-electron chi connectivity index (χ2n) is 5.31. The number of hydrogen-bond acceptors (Lipinski definition) is 5. The Morgan fingerprint density at radius 3 is 3.05 bits per heavy atom. The number of pyridine rings is 1. The molecule has 2 aromatic heterocycles. The van der Waals surface area contributed by atoms with Crippen LogP contribution in [0, 0.1) is 11.3 Å². The third-order valence-electron chi connectivity index (χ3n) is 3.63. The fourth-order valence-corrected chi connectivity index (χ4v) is 2.55. The van der Waals surface area contributed by atoms with Crippen molar-refractivity contribution in [3.63, 3.8) is 0 Å². The lowest BCUT2D eigenvalue weighted by Gasteiger charge is -2.37. The highest BCUT2D eigenvalue weighted by Gasteiger charge is 2.43. The van der Waals surface area contributed by atoms with Crippen LogP contribution in [-0.4, -0.2) is 42.0 Å². The van der Waals surface area contributed by atoms with E-state index in [1.807, 2.05) is 6.07 Å². The molecule has 110 valence electrons. The summed E-state index contributed by atoms with van der Waals surface area (Å²) in [6.07, 6.45) is 1.78. The maximum absolute atomic E-state index is 14.0. The van der Waals surface area contributed by atoms with Crippen molar-refractivity contribution in [1.82, 2.24) is 9.88 Å². The third-order valence-corrected chi connectivity index (χ3v) is 3.63. The Morgan fingerprint density at radius 2 is 2.33 bits per heavy atom. The highest BCUT2D eigenvalue weighted by Crippen LogP contribution is 2.29. The molecule has 1 atom stereocenters. The first-order valence-electron chi connectivity index (χ1n) is 6.60. The normalized spacial score (nSPS) is 22.1. The summed E-state index contributed by atoms with van der Waals surface area (Å²) in [4.78, 5) is 5.69. The monoisotopic (exact) mass is 292 g/mol. The van der Waals surface area contributed by atoms with Gasteiger partial charge in [0.1, 0.15) is 11.9 Å². The Balaban J connectivity index is 1.83. The van der Waals surface area contributed by atoms with E-state index in [2.05, 4.69) is 10.3 Å². The first-order valence-corrected chi connectivity index (χ1v) is 6.60. The smallest absolute Gasteiger partial charge is 0.280 e. The summed E-state index contributed by atoms with van der Waals surface area (Å²) in [5.41, 5.74) is 0.465. The van der Waals surface area contributed by atoms with Gasteiger partial charge in [0.2, 0.25) is 5.76 Å². The topological polar surface area (TPSA) is 65.1 Å². The second kappa shape index (κ2) is 4.97. The van der Waals surface area contributed by atoms with Gasteiger partial charge in [0.25, 0.3) is 5.92 Å². The van der Waals surface area contributed by atoms with E-state index in [9.17, 15) is 8.78 Å². The van der Waals surface area contributed by atoms with Crippen LogP contribution in [0.3, 0.4) is 0 Å². The minimum atomic E-state index is -2.81. The van der Waals surface area contributed by atoms with E-state index < -0.39 is 12.0 Å². The lowest BCUT2D eigenvalue weighted by Crippen LogP contribution is -2.53. The van der Waals surface area contributed by atoms with Gasteiger partial charge in [-0.25, -0.2) is 13.8 Å². The molecule has 0 aliphatic carbocycles. The molecule has 1 fully saturated rings. The predicted octanol–water partition coefficient (Wildman–Crippen LogP) is 2.45. The van der Waals surface area contributed by atoms with Gasteiger partial charge in [0, 0.05) is 18.0 Å². The zero-order valence-electron chi connectivity index (χ0n) is 11.4. The van der Waals surface area contributed by atoms with E-state index in [4.69, 9.17) is 9.68 Å². The van der Waals surface area contributed by atoms with Crippen LogP contribution in [0.2, 0.25) is 0 Å². The molecule has 0 amide bonds. The fraction of sp³-hybridized carbons (Fsp3) is 0.429. The number of nitrogens with one attached hydrogen (secondary N) is 1. The number of hydrogen-bond donors (Lipinski definition) is 1. The number of piperidine rings is 1. The Hall–Kier alpha value is -2.20. The average Bonchev–Trinajstić information content (AvgIpc) is 2.83. The van der Waals surface area contributed by atoms with Crippen molar-refractivity contribution >= 4 is 16.8 Å². The second-order valence-corrected chi connectivity index (χ2v) is 5.31. The van der Waals surface area contributed by atoms with E-state index >= 15 is 0 Å². The van der Waals surface area contributed by atoms with Gasteiger partial charge in [0.05, 0.1) is 18.8 Å². The minimum Gasteiger partial charge on any atom is -0.444 e. The molecule has 1 aliphatic rings. The largest absolute Gasteiger partial charge is 0.444 e. The summed E-state index contributed by atoms with van der Waals surface area (Å²) >= 11 is 0. The van der Waals surface area contributed by atoms with Gasteiger partial charge in [0.15, 0.2) is 5.58 Å². The van der Waals surface area contributed by atoms with Crippen molar-refractivity contribution in [1.29, 1.82) is 5.26 Å². The van der Waals surface area contributed by atoms with Crippen LogP contribution in [0.15, 0.2) is 22.7 Å². The molecule has 3 heterocycles. The summed E-state index contributed by atoms with van der Waals surface area (Å²) in [5, 5.41) is 12.2. The number of furan rings is 1. The van der Waals surface area contributed by atoms with Crippen molar-refractivity contribution < 1.29 is 13.2 Å². The summed E-state index contributed by atoms with van der Waals surface area (Å²) in [5.74, 6) is -2.27. The number of likely N-dealkylation sites (tertiary alicyclic amines) is 1. The van der Waals surface area contributed by atoms with Gasteiger partial charge < -0.3 is 14.6 Å². The molecule has 0 radical (unpaired) electrons. The molecular weight excluding hydrogens is 278 g/mol. The summed E-state index contributed by atoms with van der Waals surface area (Å²) in [6.45, 7) is 0.344. The van der Waals surface area contributed by atoms with Crippen molar-refractivity contribution in [3.8, 4) is 6.07 Å². The number of nitriles is 1. The standard InChI is InChI=1S/C14H14F2N4O/c1-20-3-2-12(14(15,16)8-20)19-13-5-9-4-10(6-17)21-11(9)7-18-13/h4-5,7,12H,2-3,8H2,1H3,(H,18,19). The number of aromatic nitrogens is 1. The van der Waals surface area contributed by atoms with Crippen molar-refractivity contribution in [2.45, 2.75) is 18.4 Å². The van der Waals surface area contributed by atoms with Crippen LogP contribution in [-0.2, 0) is 0 Å². The van der Waals surface area contributed by atoms with Gasteiger partial charge in [-0.15, -0.1) is 0 Å². The molecule has 7 heteroatoms. The molecule has 1 unspecified atom stereocenters. The van der Waals surface area contributed by atoms with Gasteiger partial charge in [-0.2, -0.15) is 5.26 Å². The van der Waals surface area contributed by atoms with Crippen molar-refractivity contribution in [2.24, 2.45) is 0 Å². The number of fused-ring (bicyclic) bond motifs is 1. The zero-order chi connectivity index (χ0) is 15.0. The number of nitrogens with zero attached hydrogens (tertiary/aromatic N) is 3. The molecule has 1 N–H and O–H groups in total. The molecule has 1 saturated heterocycles. The maximum Gasteiger partial charge on any atom is 0.280 e. The van der Waals surface area contributed by atoms with E-state index in [0.717, 1.165) is 0 Å². The van der Waals surface area contributed by atoms with Crippen LogP contribution >= 0.6 is 0 Å². The van der Waals surface area contributed by atoms with Crippen molar-refractivity contribution in [2.75, 3.05) is 25.5 Å². The summed E-state index contributed by atoms with van der Waals surface area (Å²) < 4.78 is 33.2. The minimum absolute atomic E-state index is 0.175. The summed E-state index contributed by atoms with van der Waals surface area (Å²) in [7, 11) is 1.68. The van der Waals surface area contributed by atoms with Gasteiger partial charge in [-0.1, -0.05) is 0 Å². The Kier molecular flexibility index (Phi) is 3.26. The molecule has 1 aliphatic heterocycles. The van der Waals surface area contributed by atoms with Crippen LogP contribution in [0.1, 0.15) is 12.2 Å². The molecule has 0 bridgehead atoms. The van der Waals surface area contributed by atoms with E-state index in [-0.39, 0.29) is 12.3 Å². The first-order chi connectivity index (χ1) is 9.98. The highest BCUT2D eigenvalue weighted by molar-refractivity contribution is 5.80. The fourth-order valence-electron chi connectivity index (χ4n) is 2.55. The Labute approximate surface area is 120 Å². The van der Waals surface area contributed by atoms with Crippen LogP contribution < -0.4 is 5.32 Å². The molecule has 2 aromatic rings. The summed E-state index contributed by atoms with van der Waals surface area (Å²) in [6, 6.07) is 4.13. The molecule has 5 nitrogen and oxygen atoms in total. The van der Waals surface area contributed by atoms with Gasteiger partial charge in [-0.3, -0.25) is 0 Å². The number of alkyl halides is 2. The predicted molar refractivity (Wildman–Crippen MR) is 73.2 cm³/mol. The quantitative estimate of drug-likeness (QED) is 0.921. The lowest BCUT2D eigenvalue weighted by atomic mass is 10.0. The van der Waals surface area contributed by atoms with Crippen molar-refractivity contribution in [3.05, 3.63) is 24.1 Å². The molecule has 0 saturated carbocycles. The SMILES string of the molecule is CN1CCC(Nc2cc3cc(C#N)oc3cn2)C(F)(F)C1. The first kappa shape index (κ1) is 13.8. The van der Waals surface area contributed by atoms with Gasteiger partial charge in [-0.05, 0) is 19.5 Å². The number of anilines is 1. The Morgan fingerprint density at radius 1 is 1.52 bits per heavy atom. The zero-order valence-corrected chi connectivity index (χ0v) is 11.4. The maximum atomic E-state index is 14.0. The van der Waals surface area contributed by atoms with E-state index in [0.29, 0.717) is 29.8 Å².